The van der Waals surface area contributed by atoms with Crippen LogP contribution in [-0.2, 0) is 7.05 Å². The highest BCUT2D eigenvalue weighted by atomic mass is 35.5. The van der Waals surface area contributed by atoms with Crippen molar-refractivity contribution < 1.29 is 0 Å². The highest BCUT2D eigenvalue weighted by molar-refractivity contribution is 6.34. The number of hydrogen-bond acceptors (Lipinski definition) is 3. The molecule has 0 unspecified atom stereocenters. The lowest BCUT2D eigenvalue weighted by Gasteiger charge is -2.11. The summed E-state index contributed by atoms with van der Waals surface area (Å²) in [4.78, 5) is 8.75. The maximum Gasteiger partial charge on any atom is 0.166 e. The average Bonchev–Trinajstić information content (AvgIpc) is 2.51. The van der Waals surface area contributed by atoms with E-state index in [0.717, 1.165) is 22.5 Å². The zero-order valence-corrected chi connectivity index (χ0v) is 13.1. The number of aromatic nitrogens is 4. The average molecular weight is 299 g/mol. The molecule has 0 amide bonds. The van der Waals surface area contributed by atoms with E-state index in [9.17, 15) is 0 Å². The Labute approximate surface area is 122 Å². The summed E-state index contributed by atoms with van der Waals surface area (Å²) in [6, 6.07) is 0. The molecule has 2 rings (SSSR count). The predicted octanol–water partition coefficient (Wildman–Crippen LogP) is 3.92. The molecule has 0 aliphatic heterocycles. The smallest absolute Gasteiger partial charge is 0.166 e. The fourth-order valence-electron chi connectivity index (χ4n) is 2.10. The van der Waals surface area contributed by atoms with Gasteiger partial charge in [0, 0.05) is 18.3 Å². The Hall–Kier alpha value is -1.13. The molecule has 0 aromatic carbocycles. The summed E-state index contributed by atoms with van der Waals surface area (Å²) >= 11 is 12.5. The van der Waals surface area contributed by atoms with Gasteiger partial charge in [-0.1, -0.05) is 37.0 Å². The maximum atomic E-state index is 6.23. The van der Waals surface area contributed by atoms with Gasteiger partial charge in [-0.2, -0.15) is 5.10 Å². The molecule has 0 aliphatic rings. The zero-order valence-electron chi connectivity index (χ0n) is 11.6. The second-order valence-electron chi connectivity index (χ2n) is 4.87. The molecule has 0 fully saturated rings. The normalized spacial score (nSPS) is 11.4. The van der Waals surface area contributed by atoms with Crippen LogP contribution in [0.2, 0.25) is 10.3 Å². The topological polar surface area (TPSA) is 43.6 Å². The van der Waals surface area contributed by atoms with Gasteiger partial charge in [-0.05, 0) is 19.8 Å². The van der Waals surface area contributed by atoms with Crippen LogP contribution in [0.15, 0.2) is 0 Å². The summed E-state index contributed by atoms with van der Waals surface area (Å²) in [6.45, 7) is 7.91. The quantitative estimate of drug-likeness (QED) is 0.789. The van der Waals surface area contributed by atoms with E-state index in [-0.39, 0.29) is 5.92 Å². The molecule has 102 valence electrons. The van der Waals surface area contributed by atoms with Crippen LogP contribution in [0.4, 0.5) is 0 Å². The lowest BCUT2D eigenvalue weighted by molar-refractivity contribution is 0.731. The van der Waals surface area contributed by atoms with Gasteiger partial charge in [-0.3, -0.25) is 4.68 Å². The minimum Gasteiger partial charge on any atom is -0.272 e. The van der Waals surface area contributed by atoms with E-state index in [1.165, 1.54) is 0 Å². The first-order valence-electron chi connectivity index (χ1n) is 6.06. The molecule has 6 heteroatoms. The van der Waals surface area contributed by atoms with Crippen LogP contribution in [0.25, 0.3) is 11.4 Å². The molecule has 0 spiro atoms. The molecular formula is C13H16Cl2N4. The third-order valence-corrected chi connectivity index (χ3v) is 3.74. The summed E-state index contributed by atoms with van der Waals surface area (Å²) in [7, 11) is 1.89. The molecule has 2 aromatic rings. The van der Waals surface area contributed by atoms with Gasteiger partial charge in [-0.25, -0.2) is 9.97 Å². The molecule has 0 N–H and O–H groups in total. The van der Waals surface area contributed by atoms with Crippen LogP contribution in [0.3, 0.4) is 0 Å². The Kier molecular flexibility index (Phi) is 3.83. The monoisotopic (exact) mass is 298 g/mol. The fourth-order valence-corrected chi connectivity index (χ4v) is 2.93. The summed E-state index contributed by atoms with van der Waals surface area (Å²) in [5, 5.41) is 5.17. The number of aryl methyl sites for hydroxylation is 2. The van der Waals surface area contributed by atoms with Crippen molar-refractivity contribution in [2.75, 3.05) is 0 Å². The number of nitrogens with zero attached hydrogens (tertiary/aromatic N) is 4. The second kappa shape index (κ2) is 5.10. The third kappa shape index (κ3) is 2.47. The van der Waals surface area contributed by atoms with Crippen molar-refractivity contribution in [3.8, 4) is 11.4 Å². The standard InChI is InChI=1S/C13H16Cl2N4/c1-6(2)9-11(14)16-13(17-12(9)15)10-7(3)18-19(5)8(10)4/h6H,1-5H3. The molecule has 0 saturated heterocycles. The van der Waals surface area contributed by atoms with Gasteiger partial charge in [0.25, 0.3) is 0 Å². The molecule has 0 radical (unpaired) electrons. The van der Waals surface area contributed by atoms with Gasteiger partial charge in [0.1, 0.15) is 10.3 Å². The van der Waals surface area contributed by atoms with Crippen molar-refractivity contribution in [2.45, 2.75) is 33.6 Å². The van der Waals surface area contributed by atoms with Gasteiger partial charge in [0.2, 0.25) is 0 Å². The first-order valence-corrected chi connectivity index (χ1v) is 6.82. The molecule has 2 aromatic heterocycles. The molecule has 19 heavy (non-hydrogen) atoms. The lowest BCUT2D eigenvalue weighted by atomic mass is 10.1. The highest BCUT2D eigenvalue weighted by Gasteiger charge is 2.19. The van der Waals surface area contributed by atoms with Crippen LogP contribution >= 0.6 is 23.2 Å². The van der Waals surface area contributed by atoms with Gasteiger partial charge < -0.3 is 0 Å². The highest BCUT2D eigenvalue weighted by Crippen LogP contribution is 2.32. The van der Waals surface area contributed by atoms with E-state index < -0.39 is 0 Å². The Balaban J connectivity index is 2.65. The third-order valence-electron chi connectivity index (χ3n) is 3.16. The van der Waals surface area contributed by atoms with Gasteiger partial charge >= 0.3 is 0 Å². The van der Waals surface area contributed by atoms with Crippen LogP contribution in [0, 0.1) is 13.8 Å². The van der Waals surface area contributed by atoms with E-state index in [2.05, 4.69) is 15.1 Å². The molecule has 0 bridgehead atoms. The first kappa shape index (κ1) is 14.3. The Morgan fingerprint density at radius 2 is 1.58 bits per heavy atom. The predicted molar refractivity (Wildman–Crippen MR) is 77.8 cm³/mol. The summed E-state index contributed by atoms with van der Waals surface area (Å²) in [6.07, 6.45) is 0. The Bertz CT molecular complexity index is 609. The van der Waals surface area contributed by atoms with E-state index >= 15 is 0 Å². The van der Waals surface area contributed by atoms with Crippen molar-refractivity contribution in [1.82, 2.24) is 19.7 Å². The minimum absolute atomic E-state index is 0.185. The van der Waals surface area contributed by atoms with Gasteiger partial charge in [0.15, 0.2) is 5.82 Å². The molecule has 4 nitrogen and oxygen atoms in total. The van der Waals surface area contributed by atoms with E-state index in [4.69, 9.17) is 23.2 Å². The van der Waals surface area contributed by atoms with Gasteiger partial charge in [0.05, 0.1) is 11.3 Å². The van der Waals surface area contributed by atoms with Gasteiger partial charge in [-0.15, -0.1) is 0 Å². The van der Waals surface area contributed by atoms with Crippen LogP contribution in [0.1, 0.15) is 36.7 Å². The van der Waals surface area contributed by atoms with E-state index in [1.54, 1.807) is 4.68 Å². The van der Waals surface area contributed by atoms with Crippen molar-refractivity contribution in [3.05, 3.63) is 27.3 Å². The summed E-state index contributed by atoms with van der Waals surface area (Å²) in [5.41, 5.74) is 3.53. The Morgan fingerprint density at radius 3 is 1.95 bits per heavy atom. The Morgan fingerprint density at radius 1 is 1.05 bits per heavy atom. The SMILES string of the molecule is Cc1nn(C)c(C)c1-c1nc(Cl)c(C(C)C)c(Cl)n1. The first-order chi connectivity index (χ1) is 8.82. The number of halogens is 2. The maximum absolute atomic E-state index is 6.23. The van der Waals surface area contributed by atoms with Crippen molar-refractivity contribution in [2.24, 2.45) is 7.05 Å². The molecule has 0 saturated carbocycles. The summed E-state index contributed by atoms with van der Waals surface area (Å²) < 4.78 is 1.80. The fraction of sp³-hybridized carbons (Fsp3) is 0.462. The van der Waals surface area contributed by atoms with Crippen molar-refractivity contribution >= 4 is 23.2 Å². The number of rotatable bonds is 2. The number of hydrogen-bond donors (Lipinski definition) is 0. The molecular weight excluding hydrogens is 283 g/mol. The minimum atomic E-state index is 0.185. The largest absolute Gasteiger partial charge is 0.272 e. The van der Waals surface area contributed by atoms with Crippen LogP contribution < -0.4 is 0 Å². The van der Waals surface area contributed by atoms with E-state index in [1.807, 2.05) is 34.7 Å². The molecule has 0 atom stereocenters. The van der Waals surface area contributed by atoms with Crippen LogP contribution in [0.5, 0.6) is 0 Å². The van der Waals surface area contributed by atoms with Crippen molar-refractivity contribution in [3.63, 3.8) is 0 Å². The summed E-state index contributed by atoms with van der Waals surface area (Å²) in [5.74, 6) is 0.715. The van der Waals surface area contributed by atoms with Crippen molar-refractivity contribution in [1.29, 1.82) is 0 Å². The van der Waals surface area contributed by atoms with E-state index in [0.29, 0.717) is 16.1 Å². The second-order valence-corrected chi connectivity index (χ2v) is 5.58. The van der Waals surface area contributed by atoms with Crippen LogP contribution in [-0.4, -0.2) is 19.7 Å². The lowest BCUT2D eigenvalue weighted by Crippen LogP contribution is -2.00. The zero-order chi connectivity index (χ0) is 14.3. The molecule has 2 heterocycles. The molecule has 0 aliphatic carbocycles.